The Hall–Kier alpha value is -2.41. The van der Waals surface area contributed by atoms with E-state index in [2.05, 4.69) is 25.4 Å². The summed E-state index contributed by atoms with van der Waals surface area (Å²) >= 11 is 6.04. The normalized spacial score (nSPS) is 14.6. The molecule has 2 aromatic rings. The van der Waals surface area contributed by atoms with Crippen molar-refractivity contribution in [1.29, 1.82) is 0 Å². The Morgan fingerprint density at radius 3 is 2.71 bits per heavy atom. The topological polar surface area (TPSA) is 74.2 Å². The minimum absolute atomic E-state index is 0.106. The zero-order valence-electron chi connectivity index (χ0n) is 13.7. The number of nitrogens with zero attached hydrogens (tertiary/aromatic N) is 5. The first-order valence-corrected chi connectivity index (χ1v) is 8.14. The van der Waals surface area contributed by atoms with Gasteiger partial charge in [0.05, 0.1) is 6.20 Å². The van der Waals surface area contributed by atoms with Crippen molar-refractivity contribution in [2.24, 2.45) is 0 Å². The van der Waals surface area contributed by atoms with Crippen LogP contribution in [0.4, 0.5) is 17.5 Å². The Morgan fingerprint density at radius 2 is 2.00 bits per heavy atom. The second-order valence-electron chi connectivity index (χ2n) is 5.72. The van der Waals surface area contributed by atoms with Crippen LogP contribution in [0.1, 0.15) is 12.5 Å². The first-order chi connectivity index (χ1) is 11.5. The number of aryl methyl sites for hydroxylation is 1. The number of carbonyl (C=O) groups excluding carboxylic acids is 1. The van der Waals surface area contributed by atoms with Crippen molar-refractivity contribution in [3.8, 4) is 0 Å². The SMILES string of the molecule is CC(=O)N1CCN(c2cnnc(Nc3cc(Cl)ccc3C)n2)CC1. The van der Waals surface area contributed by atoms with Gasteiger partial charge in [0.2, 0.25) is 11.9 Å². The highest BCUT2D eigenvalue weighted by atomic mass is 35.5. The van der Waals surface area contributed by atoms with Crippen LogP contribution in [0, 0.1) is 6.92 Å². The molecule has 0 spiro atoms. The van der Waals surface area contributed by atoms with Gasteiger partial charge in [-0.3, -0.25) is 4.79 Å². The molecule has 1 aliphatic rings. The third-order valence-electron chi connectivity index (χ3n) is 4.04. The zero-order chi connectivity index (χ0) is 17.1. The van der Waals surface area contributed by atoms with Gasteiger partial charge in [0, 0.05) is 43.8 Å². The van der Waals surface area contributed by atoms with Gasteiger partial charge in [0.1, 0.15) is 0 Å². The van der Waals surface area contributed by atoms with Crippen LogP contribution in [-0.2, 0) is 4.79 Å². The molecule has 0 saturated carbocycles. The van der Waals surface area contributed by atoms with Gasteiger partial charge >= 0.3 is 0 Å². The van der Waals surface area contributed by atoms with Crippen LogP contribution in [0.25, 0.3) is 0 Å². The Bertz CT molecular complexity index is 745. The highest BCUT2D eigenvalue weighted by Crippen LogP contribution is 2.23. The fourth-order valence-corrected chi connectivity index (χ4v) is 2.77. The average molecular weight is 347 g/mol. The van der Waals surface area contributed by atoms with Crippen molar-refractivity contribution in [3.63, 3.8) is 0 Å². The first-order valence-electron chi connectivity index (χ1n) is 7.76. The monoisotopic (exact) mass is 346 g/mol. The van der Waals surface area contributed by atoms with Gasteiger partial charge < -0.3 is 15.1 Å². The maximum atomic E-state index is 11.4. The van der Waals surface area contributed by atoms with Crippen LogP contribution in [0.2, 0.25) is 5.02 Å². The van der Waals surface area contributed by atoms with Gasteiger partial charge in [-0.1, -0.05) is 17.7 Å². The molecule has 0 atom stereocenters. The highest BCUT2D eigenvalue weighted by molar-refractivity contribution is 6.30. The van der Waals surface area contributed by atoms with Crippen LogP contribution < -0.4 is 10.2 Å². The molecule has 8 heteroatoms. The van der Waals surface area contributed by atoms with E-state index in [4.69, 9.17) is 11.6 Å². The molecule has 1 aliphatic heterocycles. The van der Waals surface area contributed by atoms with Gasteiger partial charge in [-0.05, 0) is 24.6 Å². The standard InChI is InChI=1S/C16H19ClN6O/c1-11-3-4-13(17)9-14(11)19-16-20-15(10-18-21-16)23-7-5-22(6-8-23)12(2)24/h3-4,9-10H,5-8H2,1-2H3,(H,19,20,21). The number of amides is 1. The Kier molecular flexibility index (Phi) is 4.80. The third-order valence-corrected chi connectivity index (χ3v) is 4.28. The van der Waals surface area contributed by atoms with Gasteiger partial charge in [0.15, 0.2) is 5.82 Å². The molecule has 24 heavy (non-hydrogen) atoms. The van der Waals surface area contributed by atoms with E-state index in [-0.39, 0.29) is 5.91 Å². The number of benzene rings is 1. The number of halogens is 1. The zero-order valence-corrected chi connectivity index (χ0v) is 14.4. The van der Waals surface area contributed by atoms with Crippen molar-refractivity contribution in [3.05, 3.63) is 35.0 Å². The molecule has 0 radical (unpaired) electrons. The lowest BCUT2D eigenvalue weighted by Gasteiger charge is -2.34. The summed E-state index contributed by atoms with van der Waals surface area (Å²) in [5, 5.41) is 11.9. The van der Waals surface area contributed by atoms with Crippen LogP contribution in [0.15, 0.2) is 24.4 Å². The van der Waals surface area contributed by atoms with Gasteiger partial charge in [-0.2, -0.15) is 10.1 Å². The number of hydrogen-bond donors (Lipinski definition) is 1. The Morgan fingerprint density at radius 1 is 1.25 bits per heavy atom. The summed E-state index contributed by atoms with van der Waals surface area (Å²) in [5.74, 6) is 1.27. The van der Waals surface area contributed by atoms with E-state index in [9.17, 15) is 4.79 Å². The molecule has 2 heterocycles. The summed E-state index contributed by atoms with van der Waals surface area (Å²) in [7, 11) is 0. The fraction of sp³-hybridized carbons (Fsp3) is 0.375. The Labute approximate surface area is 145 Å². The van der Waals surface area contributed by atoms with Crippen LogP contribution >= 0.6 is 11.6 Å². The molecule has 1 fully saturated rings. The average Bonchev–Trinajstić information content (AvgIpc) is 2.58. The largest absolute Gasteiger partial charge is 0.352 e. The van der Waals surface area contributed by atoms with Gasteiger partial charge in [0.25, 0.3) is 0 Å². The van der Waals surface area contributed by atoms with E-state index in [0.29, 0.717) is 24.1 Å². The number of hydrogen-bond acceptors (Lipinski definition) is 6. The van der Waals surface area contributed by atoms with E-state index in [1.165, 1.54) is 0 Å². The van der Waals surface area contributed by atoms with Crippen LogP contribution in [0.3, 0.4) is 0 Å². The quantitative estimate of drug-likeness (QED) is 0.918. The van der Waals surface area contributed by atoms with Crippen molar-refractivity contribution in [2.75, 3.05) is 36.4 Å². The van der Waals surface area contributed by atoms with Crippen molar-refractivity contribution in [2.45, 2.75) is 13.8 Å². The summed E-state index contributed by atoms with van der Waals surface area (Å²) in [6, 6.07) is 5.60. The van der Waals surface area contributed by atoms with Crippen molar-refractivity contribution in [1.82, 2.24) is 20.1 Å². The lowest BCUT2D eigenvalue weighted by atomic mass is 10.2. The van der Waals surface area contributed by atoms with E-state index in [1.54, 1.807) is 13.1 Å². The van der Waals surface area contributed by atoms with Gasteiger partial charge in [-0.15, -0.1) is 5.10 Å². The van der Waals surface area contributed by atoms with Crippen molar-refractivity contribution >= 4 is 35.0 Å². The first kappa shape index (κ1) is 16.4. The number of anilines is 3. The number of carbonyl (C=O) groups is 1. The van der Waals surface area contributed by atoms with E-state index in [1.807, 2.05) is 30.0 Å². The molecule has 1 N–H and O–H groups in total. The lowest BCUT2D eigenvalue weighted by Crippen LogP contribution is -2.48. The molecule has 1 aromatic heterocycles. The molecule has 1 aromatic carbocycles. The molecule has 1 amide bonds. The van der Waals surface area contributed by atoms with Crippen LogP contribution in [0.5, 0.6) is 0 Å². The van der Waals surface area contributed by atoms with E-state index >= 15 is 0 Å². The number of aromatic nitrogens is 3. The maximum absolute atomic E-state index is 11.4. The minimum atomic E-state index is 0.106. The number of rotatable bonds is 3. The van der Waals surface area contributed by atoms with E-state index in [0.717, 1.165) is 30.2 Å². The molecule has 1 saturated heterocycles. The third kappa shape index (κ3) is 3.73. The smallest absolute Gasteiger partial charge is 0.249 e. The lowest BCUT2D eigenvalue weighted by molar-refractivity contribution is -0.129. The molecule has 0 bridgehead atoms. The summed E-state index contributed by atoms with van der Waals surface area (Å²) in [5.41, 5.74) is 1.89. The summed E-state index contributed by atoms with van der Waals surface area (Å²) in [6.45, 7) is 6.42. The predicted octanol–water partition coefficient (Wildman–Crippen LogP) is 2.25. The summed E-state index contributed by atoms with van der Waals surface area (Å²) < 4.78 is 0. The highest BCUT2D eigenvalue weighted by Gasteiger charge is 2.20. The second kappa shape index (κ2) is 7.00. The predicted molar refractivity (Wildman–Crippen MR) is 93.8 cm³/mol. The maximum Gasteiger partial charge on any atom is 0.249 e. The minimum Gasteiger partial charge on any atom is -0.352 e. The number of piperazine rings is 1. The summed E-state index contributed by atoms with van der Waals surface area (Å²) in [4.78, 5) is 19.9. The van der Waals surface area contributed by atoms with Gasteiger partial charge in [-0.25, -0.2) is 0 Å². The van der Waals surface area contributed by atoms with Crippen molar-refractivity contribution < 1.29 is 4.79 Å². The molecular formula is C16H19ClN6O. The molecule has 126 valence electrons. The molecule has 7 nitrogen and oxygen atoms in total. The Balaban J connectivity index is 1.73. The number of nitrogens with one attached hydrogen (secondary N) is 1. The second-order valence-corrected chi connectivity index (χ2v) is 6.15. The van der Waals surface area contributed by atoms with Crippen LogP contribution in [-0.4, -0.2) is 52.2 Å². The van der Waals surface area contributed by atoms with E-state index < -0.39 is 0 Å². The fourth-order valence-electron chi connectivity index (χ4n) is 2.60. The molecular weight excluding hydrogens is 328 g/mol. The molecule has 0 aliphatic carbocycles. The molecule has 3 rings (SSSR count). The summed E-state index contributed by atoms with van der Waals surface area (Å²) in [6.07, 6.45) is 1.64. The molecule has 0 unspecified atom stereocenters.